The molecule has 1 N–H and O–H groups in total. The van der Waals surface area contributed by atoms with E-state index in [0.717, 1.165) is 0 Å². The third-order valence-electron chi connectivity index (χ3n) is 4.55. The Morgan fingerprint density at radius 2 is 2.10 bits per heavy atom. The molecule has 0 bridgehead atoms. The topological polar surface area (TPSA) is 24.9 Å². The first-order valence-electron chi connectivity index (χ1n) is 7.64. The average Bonchev–Trinajstić information content (AvgIpc) is 3.16. The molecule has 4 rings (SSSR count). The SMILES string of the molecule is c1ccc2c(c1)CCCCC2(NC1CC1)c1nccs1. The highest BCUT2D eigenvalue weighted by atomic mass is 32.1. The Morgan fingerprint density at radius 3 is 2.90 bits per heavy atom. The lowest BCUT2D eigenvalue weighted by atomic mass is 9.84. The molecule has 0 radical (unpaired) electrons. The molecular formula is C17H20N2S. The van der Waals surface area contributed by atoms with E-state index in [4.69, 9.17) is 0 Å². The number of rotatable bonds is 3. The van der Waals surface area contributed by atoms with Gasteiger partial charge in [-0.15, -0.1) is 11.3 Å². The number of aromatic nitrogens is 1. The van der Waals surface area contributed by atoms with Gasteiger partial charge in [0.1, 0.15) is 5.01 Å². The van der Waals surface area contributed by atoms with E-state index in [1.165, 1.54) is 54.7 Å². The number of hydrogen-bond donors (Lipinski definition) is 1. The van der Waals surface area contributed by atoms with Crippen LogP contribution in [0.15, 0.2) is 35.8 Å². The molecule has 104 valence electrons. The Balaban J connectivity index is 1.88. The molecule has 0 spiro atoms. The van der Waals surface area contributed by atoms with Crippen LogP contribution in [0, 0.1) is 0 Å². The Hall–Kier alpha value is -1.19. The van der Waals surface area contributed by atoms with Gasteiger partial charge in [-0.05, 0) is 43.2 Å². The summed E-state index contributed by atoms with van der Waals surface area (Å²) in [6, 6.07) is 9.66. The molecule has 3 heteroatoms. The minimum atomic E-state index is -0.0393. The summed E-state index contributed by atoms with van der Waals surface area (Å²) in [6.07, 6.45) is 9.52. The standard InChI is InChI=1S/C17H20N2S/c1-2-7-15-13(5-1)6-3-4-10-17(15,19-14-8-9-14)16-18-11-12-20-16/h1-2,5,7,11-12,14,19H,3-4,6,8-10H2. The van der Waals surface area contributed by atoms with Gasteiger partial charge in [0.05, 0.1) is 5.54 Å². The maximum atomic E-state index is 4.69. The Labute approximate surface area is 124 Å². The van der Waals surface area contributed by atoms with Gasteiger partial charge in [-0.25, -0.2) is 4.98 Å². The normalized spacial score (nSPS) is 26.0. The summed E-state index contributed by atoms with van der Waals surface area (Å²) in [5.74, 6) is 0. The summed E-state index contributed by atoms with van der Waals surface area (Å²) in [7, 11) is 0. The van der Waals surface area contributed by atoms with Crippen molar-refractivity contribution in [3.8, 4) is 0 Å². The van der Waals surface area contributed by atoms with Gasteiger partial charge in [0.15, 0.2) is 0 Å². The van der Waals surface area contributed by atoms with Crippen LogP contribution in [0.25, 0.3) is 0 Å². The van der Waals surface area contributed by atoms with E-state index < -0.39 is 0 Å². The number of thiazole rings is 1. The van der Waals surface area contributed by atoms with Crippen LogP contribution in [0.5, 0.6) is 0 Å². The number of fused-ring (bicyclic) bond motifs is 1. The van der Waals surface area contributed by atoms with E-state index in [1.54, 1.807) is 11.3 Å². The van der Waals surface area contributed by atoms with Gasteiger partial charge in [-0.2, -0.15) is 0 Å². The first kappa shape index (κ1) is 12.5. The zero-order valence-corrected chi connectivity index (χ0v) is 12.5. The highest BCUT2D eigenvalue weighted by Crippen LogP contribution is 2.42. The molecule has 0 aliphatic heterocycles. The summed E-state index contributed by atoms with van der Waals surface area (Å²) in [4.78, 5) is 4.69. The number of nitrogens with one attached hydrogen (secondary N) is 1. The molecule has 1 fully saturated rings. The van der Waals surface area contributed by atoms with Crippen molar-refractivity contribution in [3.63, 3.8) is 0 Å². The van der Waals surface area contributed by atoms with Crippen molar-refractivity contribution in [3.05, 3.63) is 52.0 Å². The first-order chi connectivity index (χ1) is 9.88. The van der Waals surface area contributed by atoms with E-state index in [0.29, 0.717) is 6.04 Å². The zero-order chi connectivity index (χ0) is 13.4. The Bertz CT molecular complexity index is 589. The summed E-state index contributed by atoms with van der Waals surface area (Å²) in [6.45, 7) is 0. The fraction of sp³-hybridized carbons (Fsp3) is 0.471. The smallest absolute Gasteiger partial charge is 0.117 e. The van der Waals surface area contributed by atoms with Crippen LogP contribution in [0.2, 0.25) is 0 Å². The second kappa shape index (κ2) is 4.97. The van der Waals surface area contributed by atoms with Gasteiger partial charge >= 0.3 is 0 Å². The van der Waals surface area contributed by atoms with Gasteiger partial charge in [0, 0.05) is 17.6 Å². The van der Waals surface area contributed by atoms with Crippen molar-refractivity contribution in [1.82, 2.24) is 10.3 Å². The van der Waals surface area contributed by atoms with Gasteiger partial charge < -0.3 is 0 Å². The maximum Gasteiger partial charge on any atom is 0.117 e. The lowest BCUT2D eigenvalue weighted by Gasteiger charge is -2.34. The van der Waals surface area contributed by atoms with Crippen molar-refractivity contribution >= 4 is 11.3 Å². The third kappa shape index (κ3) is 2.09. The van der Waals surface area contributed by atoms with Crippen molar-refractivity contribution in [1.29, 1.82) is 0 Å². The van der Waals surface area contributed by atoms with Crippen LogP contribution in [-0.4, -0.2) is 11.0 Å². The predicted octanol–water partition coefficient (Wildman–Crippen LogP) is 3.87. The fourth-order valence-electron chi connectivity index (χ4n) is 3.44. The summed E-state index contributed by atoms with van der Waals surface area (Å²) < 4.78 is 0. The lowest BCUT2D eigenvalue weighted by molar-refractivity contribution is 0.362. The monoisotopic (exact) mass is 284 g/mol. The van der Waals surface area contributed by atoms with Crippen LogP contribution in [0.4, 0.5) is 0 Å². The number of benzene rings is 1. The highest BCUT2D eigenvalue weighted by molar-refractivity contribution is 7.09. The number of hydrogen-bond acceptors (Lipinski definition) is 3. The first-order valence-corrected chi connectivity index (χ1v) is 8.52. The van der Waals surface area contributed by atoms with E-state index in [2.05, 4.69) is 39.9 Å². The van der Waals surface area contributed by atoms with E-state index in [1.807, 2.05) is 6.20 Å². The molecule has 1 aromatic carbocycles. The molecule has 1 atom stereocenters. The maximum absolute atomic E-state index is 4.69. The van der Waals surface area contributed by atoms with Gasteiger partial charge in [-0.1, -0.05) is 30.7 Å². The van der Waals surface area contributed by atoms with Crippen molar-refractivity contribution in [2.45, 2.75) is 50.1 Å². The Morgan fingerprint density at radius 1 is 1.20 bits per heavy atom. The Kier molecular flexibility index (Phi) is 3.12. The summed E-state index contributed by atoms with van der Waals surface area (Å²) in [5.41, 5.74) is 2.94. The molecule has 0 amide bonds. The van der Waals surface area contributed by atoms with Crippen LogP contribution < -0.4 is 5.32 Å². The largest absolute Gasteiger partial charge is 0.299 e. The van der Waals surface area contributed by atoms with Crippen molar-refractivity contribution in [2.24, 2.45) is 0 Å². The molecule has 1 unspecified atom stereocenters. The summed E-state index contributed by atoms with van der Waals surface area (Å²) >= 11 is 1.80. The van der Waals surface area contributed by atoms with Gasteiger partial charge in [0.25, 0.3) is 0 Å². The number of aryl methyl sites for hydroxylation is 1. The fourth-order valence-corrected chi connectivity index (χ4v) is 4.28. The van der Waals surface area contributed by atoms with Crippen molar-refractivity contribution < 1.29 is 0 Å². The molecule has 2 aromatic rings. The van der Waals surface area contributed by atoms with E-state index in [9.17, 15) is 0 Å². The van der Waals surface area contributed by atoms with Crippen LogP contribution in [-0.2, 0) is 12.0 Å². The van der Waals surface area contributed by atoms with Gasteiger partial charge in [0.2, 0.25) is 0 Å². The minimum absolute atomic E-state index is 0.0393. The van der Waals surface area contributed by atoms with Crippen LogP contribution in [0.1, 0.15) is 48.2 Å². The predicted molar refractivity (Wildman–Crippen MR) is 83.0 cm³/mol. The van der Waals surface area contributed by atoms with E-state index in [-0.39, 0.29) is 5.54 Å². The molecule has 2 nitrogen and oxygen atoms in total. The molecule has 1 aromatic heterocycles. The quantitative estimate of drug-likeness (QED) is 0.866. The molecular weight excluding hydrogens is 264 g/mol. The molecule has 20 heavy (non-hydrogen) atoms. The molecule has 2 aliphatic rings. The van der Waals surface area contributed by atoms with Crippen molar-refractivity contribution in [2.75, 3.05) is 0 Å². The van der Waals surface area contributed by atoms with Crippen LogP contribution >= 0.6 is 11.3 Å². The number of nitrogens with zero attached hydrogens (tertiary/aromatic N) is 1. The second-order valence-corrected chi connectivity index (χ2v) is 6.92. The highest BCUT2D eigenvalue weighted by Gasteiger charge is 2.42. The molecule has 2 aliphatic carbocycles. The third-order valence-corrected chi connectivity index (χ3v) is 5.49. The van der Waals surface area contributed by atoms with Crippen LogP contribution in [0.3, 0.4) is 0 Å². The summed E-state index contributed by atoms with van der Waals surface area (Å²) in [5, 5.41) is 7.31. The molecule has 0 saturated heterocycles. The molecule has 1 saturated carbocycles. The average molecular weight is 284 g/mol. The second-order valence-electron chi connectivity index (χ2n) is 6.03. The van der Waals surface area contributed by atoms with Gasteiger partial charge in [-0.3, -0.25) is 5.32 Å². The van der Waals surface area contributed by atoms with E-state index >= 15 is 0 Å². The lowest BCUT2D eigenvalue weighted by Crippen LogP contribution is -2.45. The minimum Gasteiger partial charge on any atom is -0.299 e. The molecule has 1 heterocycles. The zero-order valence-electron chi connectivity index (χ0n) is 11.6.